The van der Waals surface area contributed by atoms with E-state index in [0.717, 1.165) is 34.3 Å². The molecule has 3 aromatic carbocycles. The molecule has 1 heterocycles. The standard InChI is InChI=1S/C31H35NO4/c1-31(2,3)36-30(35)32-20-26(21-32)22-11-13-24(14-12-22)29(25-15-17-27(34)18-16-25)28(10-7-19-33)23-8-5-4-6-9-23/h4-6,8-9,11-18,26,33-34H,7,10,19-21H2,1-3H3. The van der Waals surface area contributed by atoms with Gasteiger partial charge in [0.25, 0.3) is 0 Å². The number of allylic oxidation sites excluding steroid dienone is 1. The number of phenols is 1. The van der Waals surface area contributed by atoms with Crippen LogP contribution in [0.5, 0.6) is 5.75 Å². The monoisotopic (exact) mass is 485 g/mol. The molecule has 1 aliphatic heterocycles. The van der Waals surface area contributed by atoms with E-state index in [2.05, 4.69) is 36.4 Å². The highest BCUT2D eigenvalue weighted by Gasteiger charge is 2.34. The van der Waals surface area contributed by atoms with E-state index in [1.165, 1.54) is 5.56 Å². The normalized spacial score (nSPS) is 14.7. The molecule has 0 spiro atoms. The molecule has 1 amide bonds. The fourth-order valence-corrected chi connectivity index (χ4v) is 4.54. The van der Waals surface area contributed by atoms with Gasteiger partial charge in [0.05, 0.1) is 0 Å². The van der Waals surface area contributed by atoms with Crippen molar-refractivity contribution in [2.45, 2.75) is 45.1 Å². The fraction of sp³-hybridized carbons (Fsp3) is 0.323. The maximum atomic E-state index is 12.3. The Balaban J connectivity index is 1.64. The second-order valence-corrected chi connectivity index (χ2v) is 10.3. The van der Waals surface area contributed by atoms with Gasteiger partial charge < -0.3 is 19.8 Å². The number of hydrogen-bond donors (Lipinski definition) is 2. The highest BCUT2D eigenvalue weighted by Crippen LogP contribution is 2.37. The smallest absolute Gasteiger partial charge is 0.410 e. The van der Waals surface area contributed by atoms with Gasteiger partial charge in [0.15, 0.2) is 0 Å². The number of aliphatic hydroxyl groups is 1. The summed E-state index contributed by atoms with van der Waals surface area (Å²) in [5.41, 5.74) is 6.15. The second-order valence-electron chi connectivity index (χ2n) is 10.3. The van der Waals surface area contributed by atoms with Crippen LogP contribution in [0.3, 0.4) is 0 Å². The minimum atomic E-state index is -0.493. The first kappa shape index (κ1) is 25.5. The molecular weight excluding hydrogens is 450 g/mol. The van der Waals surface area contributed by atoms with Crippen molar-refractivity contribution >= 4 is 17.2 Å². The van der Waals surface area contributed by atoms with Crippen LogP contribution in [0.1, 0.15) is 61.8 Å². The number of carbonyl (C=O) groups excluding carboxylic acids is 1. The van der Waals surface area contributed by atoms with Gasteiger partial charge in [-0.05, 0) is 79.1 Å². The molecule has 188 valence electrons. The van der Waals surface area contributed by atoms with Gasteiger partial charge in [-0.1, -0.05) is 66.7 Å². The summed E-state index contributed by atoms with van der Waals surface area (Å²) in [5.74, 6) is 0.514. The molecule has 3 aromatic rings. The van der Waals surface area contributed by atoms with E-state index in [1.807, 2.05) is 51.1 Å². The average Bonchev–Trinajstić information content (AvgIpc) is 2.82. The first-order valence-corrected chi connectivity index (χ1v) is 12.5. The summed E-state index contributed by atoms with van der Waals surface area (Å²) in [6.45, 7) is 7.06. The summed E-state index contributed by atoms with van der Waals surface area (Å²) in [5, 5.41) is 19.5. The molecule has 36 heavy (non-hydrogen) atoms. The van der Waals surface area contributed by atoms with Crippen LogP contribution >= 0.6 is 0 Å². The average molecular weight is 486 g/mol. The first-order chi connectivity index (χ1) is 17.2. The maximum absolute atomic E-state index is 12.3. The summed E-state index contributed by atoms with van der Waals surface area (Å²) in [7, 11) is 0. The van der Waals surface area contributed by atoms with Crippen molar-refractivity contribution in [1.82, 2.24) is 4.90 Å². The Hall–Kier alpha value is -3.57. The molecule has 0 atom stereocenters. The van der Waals surface area contributed by atoms with Crippen LogP contribution in [0.2, 0.25) is 0 Å². The molecule has 5 heteroatoms. The van der Waals surface area contributed by atoms with Crippen molar-refractivity contribution in [2.24, 2.45) is 0 Å². The lowest BCUT2D eigenvalue weighted by Crippen LogP contribution is -2.50. The molecule has 0 radical (unpaired) electrons. The number of ether oxygens (including phenoxy) is 1. The minimum absolute atomic E-state index is 0.119. The lowest BCUT2D eigenvalue weighted by Gasteiger charge is -2.40. The molecule has 0 saturated carbocycles. The van der Waals surface area contributed by atoms with Crippen LogP contribution in [-0.4, -0.2) is 46.5 Å². The third kappa shape index (κ3) is 6.16. The van der Waals surface area contributed by atoms with Crippen molar-refractivity contribution in [2.75, 3.05) is 19.7 Å². The van der Waals surface area contributed by atoms with Crippen LogP contribution in [-0.2, 0) is 4.74 Å². The molecule has 5 nitrogen and oxygen atoms in total. The van der Waals surface area contributed by atoms with E-state index in [4.69, 9.17) is 4.74 Å². The van der Waals surface area contributed by atoms with Crippen LogP contribution in [0.25, 0.3) is 11.1 Å². The van der Waals surface area contributed by atoms with Gasteiger partial charge in [-0.25, -0.2) is 4.79 Å². The zero-order chi connectivity index (χ0) is 25.7. The van der Waals surface area contributed by atoms with Crippen molar-refractivity contribution < 1.29 is 19.7 Å². The third-order valence-corrected chi connectivity index (χ3v) is 6.37. The van der Waals surface area contributed by atoms with Gasteiger partial charge in [0.1, 0.15) is 11.4 Å². The van der Waals surface area contributed by atoms with Gasteiger partial charge in [-0.2, -0.15) is 0 Å². The van der Waals surface area contributed by atoms with Crippen LogP contribution in [0.15, 0.2) is 78.9 Å². The van der Waals surface area contributed by atoms with E-state index in [1.54, 1.807) is 17.0 Å². The zero-order valence-corrected chi connectivity index (χ0v) is 21.3. The molecule has 0 unspecified atom stereocenters. The number of aliphatic hydroxyl groups excluding tert-OH is 1. The SMILES string of the molecule is CC(C)(C)OC(=O)N1CC(c2ccc(C(=C(CCCO)c3ccccc3)c3ccc(O)cc3)cc2)C1. The number of hydrogen-bond acceptors (Lipinski definition) is 4. The van der Waals surface area contributed by atoms with Gasteiger partial charge in [0, 0.05) is 25.6 Å². The Morgan fingerprint density at radius 3 is 2.03 bits per heavy atom. The molecule has 2 N–H and O–H groups in total. The molecule has 0 aromatic heterocycles. The number of aromatic hydroxyl groups is 1. The van der Waals surface area contributed by atoms with Crippen LogP contribution < -0.4 is 0 Å². The topological polar surface area (TPSA) is 70.0 Å². The Morgan fingerprint density at radius 2 is 1.47 bits per heavy atom. The summed E-state index contributed by atoms with van der Waals surface area (Å²) in [6.07, 6.45) is 1.13. The van der Waals surface area contributed by atoms with Crippen molar-refractivity contribution in [1.29, 1.82) is 0 Å². The van der Waals surface area contributed by atoms with E-state index in [-0.39, 0.29) is 24.4 Å². The molecule has 0 bridgehead atoms. The molecule has 1 aliphatic rings. The number of carbonyl (C=O) groups is 1. The number of likely N-dealkylation sites (tertiary alicyclic amines) is 1. The first-order valence-electron chi connectivity index (χ1n) is 12.5. The zero-order valence-electron chi connectivity index (χ0n) is 21.3. The maximum Gasteiger partial charge on any atom is 0.410 e. The molecule has 4 rings (SSSR count). The lowest BCUT2D eigenvalue weighted by molar-refractivity contribution is 0.00819. The van der Waals surface area contributed by atoms with Gasteiger partial charge in [0.2, 0.25) is 0 Å². The largest absolute Gasteiger partial charge is 0.508 e. The van der Waals surface area contributed by atoms with E-state index in [9.17, 15) is 15.0 Å². The molecule has 1 fully saturated rings. The lowest BCUT2D eigenvalue weighted by atomic mass is 9.85. The third-order valence-electron chi connectivity index (χ3n) is 6.37. The highest BCUT2D eigenvalue weighted by atomic mass is 16.6. The Bertz CT molecular complexity index is 1190. The number of benzene rings is 3. The van der Waals surface area contributed by atoms with Crippen molar-refractivity contribution in [3.63, 3.8) is 0 Å². The molecule has 0 aliphatic carbocycles. The minimum Gasteiger partial charge on any atom is -0.508 e. The number of nitrogens with zero attached hydrogens (tertiary/aromatic N) is 1. The summed E-state index contributed by atoms with van der Waals surface area (Å²) in [6, 6.07) is 26.1. The summed E-state index contributed by atoms with van der Waals surface area (Å²) < 4.78 is 5.48. The van der Waals surface area contributed by atoms with Gasteiger partial charge in [-0.15, -0.1) is 0 Å². The Morgan fingerprint density at radius 1 is 0.889 bits per heavy atom. The van der Waals surface area contributed by atoms with E-state index in [0.29, 0.717) is 19.5 Å². The van der Waals surface area contributed by atoms with Gasteiger partial charge >= 0.3 is 6.09 Å². The van der Waals surface area contributed by atoms with E-state index >= 15 is 0 Å². The van der Waals surface area contributed by atoms with Crippen LogP contribution in [0, 0.1) is 0 Å². The van der Waals surface area contributed by atoms with E-state index < -0.39 is 5.60 Å². The number of rotatable bonds is 7. The van der Waals surface area contributed by atoms with Crippen molar-refractivity contribution in [3.8, 4) is 5.75 Å². The quantitative estimate of drug-likeness (QED) is 0.377. The number of phenolic OH excluding ortho intramolecular Hbond substituents is 1. The second kappa shape index (κ2) is 11.0. The van der Waals surface area contributed by atoms with Crippen LogP contribution in [0.4, 0.5) is 4.79 Å². The van der Waals surface area contributed by atoms with Crippen molar-refractivity contribution in [3.05, 3.63) is 101 Å². The molecular formula is C31H35NO4. The predicted octanol–water partition coefficient (Wildman–Crippen LogP) is 6.46. The number of amides is 1. The Labute approximate surface area is 213 Å². The predicted molar refractivity (Wildman–Crippen MR) is 144 cm³/mol. The summed E-state index contributed by atoms with van der Waals surface area (Å²) in [4.78, 5) is 14.0. The fourth-order valence-electron chi connectivity index (χ4n) is 4.54. The van der Waals surface area contributed by atoms with Gasteiger partial charge in [-0.3, -0.25) is 0 Å². The highest BCUT2D eigenvalue weighted by molar-refractivity contribution is 5.98. The molecule has 1 saturated heterocycles. The Kier molecular flexibility index (Phi) is 7.80. The summed E-state index contributed by atoms with van der Waals surface area (Å²) >= 11 is 0.